The van der Waals surface area contributed by atoms with Gasteiger partial charge < -0.3 is 14.6 Å². The third kappa shape index (κ3) is 7.31. The third-order valence-electron chi connectivity index (χ3n) is 2.10. The number of rotatable bonds is 10. The SMILES string of the molecule is C=CCOCC(COCC=C)C(O)CC. The van der Waals surface area contributed by atoms with Gasteiger partial charge in [-0.05, 0) is 6.42 Å². The van der Waals surface area contributed by atoms with Gasteiger partial charge in [-0.2, -0.15) is 0 Å². The van der Waals surface area contributed by atoms with Crippen molar-refractivity contribution in [3.63, 3.8) is 0 Å². The van der Waals surface area contributed by atoms with Crippen LogP contribution < -0.4 is 0 Å². The van der Waals surface area contributed by atoms with Crippen molar-refractivity contribution in [2.75, 3.05) is 26.4 Å². The molecule has 0 radical (unpaired) electrons. The van der Waals surface area contributed by atoms with Gasteiger partial charge in [0.2, 0.25) is 0 Å². The molecule has 0 aliphatic carbocycles. The van der Waals surface area contributed by atoms with E-state index in [1.165, 1.54) is 0 Å². The molecule has 0 spiro atoms. The molecular formula is C12H22O3. The summed E-state index contributed by atoms with van der Waals surface area (Å²) < 4.78 is 10.6. The van der Waals surface area contributed by atoms with E-state index in [1.807, 2.05) is 6.92 Å². The predicted molar refractivity (Wildman–Crippen MR) is 61.8 cm³/mol. The lowest BCUT2D eigenvalue weighted by Gasteiger charge is -2.21. The van der Waals surface area contributed by atoms with Crippen molar-refractivity contribution in [1.82, 2.24) is 0 Å². The quantitative estimate of drug-likeness (QED) is 0.445. The van der Waals surface area contributed by atoms with Gasteiger partial charge in [0.1, 0.15) is 0 Å². The Hall–Kier alpha value is -0.640. The van der Waals surface area contributed by atoms with Gasteiger partial charge in [-0.15, -0.1) is 13.2 Å². The first-order valence-corrected chi connectivity index (χ1v) is 5.31. The first-order valence-electron chi connectivity index (χ1n) is 5.31. The molecule has 0 bridgehead atoms. The van der Waals surface area contributed by atoms with Crippen LogP contribution in [-0.2, 0) is 9.47 Å². The Morgan fingerprint density at radius 3 is 1.93 bits per heavy atom. The molecule has 0 fully saturated rings. The summed E-state index contributed by atoms with van der Waals surface area (Å²) >= 11 is 0. The van der Waals surface area contributed by atoms with Gasteiger partial charge in [-0.3, -0.25) is 0 Å². The van der Waals surface area contributed by atoms with Crippen molar-refractivity contribution in [1.29, 1.82) is 0 Å². The number of ether oxygens (including phenoxy) is 2. The fraction of sp³-hybridized carbons (Fsp3) is 0.667. The van der Waals surface area contributed by atoms with Crippen molar-refractivity contribution in [2.45, 2.75) is 19.4 Å². The molecule has 0 aromatic rings. The maximum atomic E-state index is 9.70. The first-order chi connectivity index (χ1) is 7.26. The third-order valence-corrected chi connectivity index (χ3v) is 2.10. The highest BCUT2D eigenvalue weighted by atomic mass is 16.5. The number of hydrogen-bond acceptors (Lipinski definition) is 3. The number of aliphatic hydroxyl groups excluding tert-OH is 1. The summed E-state index contributed by atoms with van der Waals surface area (Å²) in [7, 11) is 0. The molecule has 3 nitrogen and oxygen atoms in total. The van der Waals surface area contributed by atoms with Crippen molar-refractivity contribution in [3.8, 4) is 0 Å². The minimum absolute atomic E-state index is 0.0231. The average Bonchev–Trinajstić information content (AvgIpc) is 2.26. The zero-order valence-electron chi connectivity index (χ0n) is 9.52. The van der Waals surface area contributed by atoms with Gasteiger partial charge in [0.05, 0.1) is 32.5 Å². The normalized spacial score (nSPS) is 12.7. The lowest BCUT2D eigenvalue weighted by molar-refractivity contribution is -0.0110. The van der Waals surface area contributed by atoms with E-state index in [2.05, 4.69) is 13.2 Å². The first kappa shape index (κ1) is 14.4. The molecule has 88 valence electrons. The van der Waals surface area contributed by atoms with Crippen LogP contribution >= 0.6 is 0 Å². The van der Waals surface area contributed by atoms with Gasteiger partial charge in [0.15, 0.2) is 0 Å². The molecule has 0 saturated heterocycles. The second-order valence-electron chi connectivity index (χ2n) is 3.39. The second kappa shape index (κ2) is 9.90. The summed E-state index contributed by atoms with van der Waals surface area (Å²) in [5, 5.41) is 9.70. The highest BCUT2D eigenvalue weighted by Crippen LogP contribution is 2.09. The average molecular weight is 214 g/mol. The minimum Gasteiger partial charge on any atom is -0.393 e. The summed E-state index contributed by atoms with van der Waals surface area (Å²) in [5.41, 5.74) is 0. The van der Waals surface area contributed by atoms with Crippen molar-refractivity contribution < 1.29 is 14.6 Å². The molecule has 0 aromatic carbocycles. The van der Waals surface area contributed by atoms with E-state index < -0.39 is 0 Å². The smallest absolute Gasteiger partial charge is 0.0645 e. The zero-order chi connectivity index (χ0) is 11.5. The Balaban J connectivity index is 3.82. The molecular weight excluding hydrogens is 192 g/mol. The largest absolute Gasteiger partial charge is 0.393 e. The molecule has 3 heteroatoms. The Morgan fingerprint density at radius 2 is 1.60 bits per heavy atom. The lowest BCUT2D eigenvalue weighted by atomic mass is 10.0. The molecule has 1 unspecified atom stereocenters. The van der Waals surface area contributed by atoms with Gasteiger partial charge in [-0.1, -0.05) is 19.1 Å². The van der Waals surface area contributed by atoms with Crippen molar-refractivity contribution >= 4 is 0 Å². The highest BCUT2D eigenvalue weighted by molar-refractivity contribution is 4.71. The molecule has 1 N–H and O–H groups in total. The van der Waals surface area contributed by atoms with Crippen LogP contribution in [0.15, 0.2) is 25.3 Å². The Kier molecular flexibility index (Phi) is 9.48. The molecule has 0 aromatic heterocycles. The molecule has 15 heavy (non-hydrogen) atoms. The summed E-state index contributed by atoms with van der Waals surface area (Å²) in [4.78, 5) is 0. The van der Waals surface area contributed by atoms with Crippen molar-refractivity contribution in [3.05, 3.63) is 25.3 Å². The maximum absolute atomic E-state index is 9.70. The van der Waals surface area contributed by atoms with E-state index in [9.17, 15) is 5.11 Å². The fourth-order valence-corrected chi connectivity index (χ4v) is 1.21. The van der Waals surface area contributed by atoms with E-state index in [-0.39, 0.29) is 12.0 Å². The number of hydrogen-bond donors (Lipinski definition) is 1. The highest BCUT2D eigenvalue weighted by Gasteiger charge is 2.17. The van der Waals surface area contributed by atoms with E-state index in [1.54, 1.807) is 12.2 Å². The lowest BCUT2D eigenvalue weighted by Crippen LogP contribution is -2.29. The van der Waals surface area contributed by atoms with Crippen LogP contribution in [0.1, 0.15) is 13.3 Å². The van der Waals surface area contributed by atoms with Gasteiger partial charge in [0, 0.05) is 5.92 Å². The van der Waals surface area contributed by atoms with E-state index >= 15 is 0 Å². The topological polar surface area (TPSA) is 38.7 Å². The minimum atomic E-state index is -0.375. The predicted octanol–water partition coefficient (Wildman–Crippen LogP) is 1.78. The molecule has 0 rings (SSSR count). The standard InChI is InChI=1S/C12H22O3/c1-4-7-14-9-11(12(13)6-3)10-15-8-5-2/h4-5,11-13H,1-2,6-10H2,3H3. The molecule has 0 aliphatic heterocycles. The van der Waals surface area contributed by atoms with Crippen LogP contribution in [0.25, 0.3) is 0 Å². The van der Waals surface area contributed by atoms with Crippen LogP contribution in [0.3, 0.4) is 0 Å². The molecule has 0 aliphatic rings. The van der Waals surface area contributed by atoms with Crippen LogP contribution in [-0.4, -0.2) is 37.6 Å². The Bertz CT molecular complexity index is 154. The molecule has 0 heterocycles. The van der Waals surface area contributed by atoms with E-state index in [0.29, 0.717) is 32.8 Å². The van der Waals surface area contributed by atoms with Gasteiger partial charge >= 0.3 is 0 Å². The van der Waals surface area contributed by atoms with Gasteiger partial charge in [0.25, 0.3) is 0 Å². The van der Waals surface area contributed by atoms with Crippen LogP contribution in [0.2, 0.25) is 0 Å². The summed E-state index contributed by atoms with van der Waals surface area (Å²) in [6.45, 7) is 11.1. The zero-order valence-corrected chi connectivity index (χ0v) is 9.52. The summed E-state index contributed by atoms with van der Waals surface area (Å²) in [5.74, 6) is 0.0231. The molecule has 0 saturated carbocycles. The summed E-state index contributed by atoms with van der Waals surface area (Å²) in [6.07, 6.45) is 3.72. The Morgan fingerprint density at radius 1 is 1.13 bits per heavy atom. The molecule has 0 amide bonds. The summed E-state index contributed by atoms with van der Waals surface area (Å²) in [6, 6.07) is 0. The molecule has 1 atom stereocenters. The van der Waals surface area contributed by atoms with E-state index in [4.69, 9.17) is 9.47 Å². The van der Waals surface area contributed by atoms with Crippen LogP contribution in [0.5, 0.6) is 0 Å². The van der Waals surface area contributed by atoms with Crippen molar-refractivity contribution in [2.24, 2.45) is 5.92 Å². The second-order valence-corrected chi connectivity index (χ2v) is 3.39. The monoisotopic (exact) mass is 214 g/mol. The Labute approximate surface area is 92.4 Å². The van der Waals surface area contributed by atoms with Gasteiger partial charge in [-0.25, -0.2) is 0 Å². The fourth-order valence-electron chi connectivity index (χ4n) is 1.21. The number of aliphatic hydroxyl groups is 1. The van der Waals surface area contributed by atoms with E-state index in [0.717, 1.165) is 0 Å². The van der Waals surface area contributed by atoms with Crippen LogP contribution in [0.4, 0.5) is 0 Å². The maximum Gasteiger partial charge on any atom is 0.0645 e. The van der Waals surface area contributed by atoms with Crippen LogP contribution in [0, 0.1) is 5.92 Å².